The normalized spacial score (nSPS) is 12.6. The number of allylic oxidation sites excluding steroid dienone is 3. The number of rotatable bonds is 65. The van der Waals surface area contributed by atoms with Crippen LogP contribution in [0.15, 0.2) is 24.3 Å². The first-order valence-corrected chi connectivity index (χ1v) is 34.6. The Morgan fingerprint density at radius 3 is 0.934 bits per heavy atom. The first kappa shape index (κ1) is 74.3. The Kier molecular flexibility index (Phi) is 64.4. The molecule has 0 saturated heterocycles. The maximum Gasteiger partial charge on any atom is 0.305 e. The van der Waals surface area contributed by atoms with Crippen LogP contribution in [0.2, 0.25) is 0 Å². The van der Waals surface area contributed by atoms with Crippen LogP contribution in [0.1, 0.15) is 386 Å². The number of aliphatic hydroxyl groups excluding tert-OH is 2. The molecule has 0 bridgehead atoms. The quantitative estimate of drug-likeness (QED) is 0.0320. The molecule has 0 aromatic rings. The summed E-state index contributed by atoms with van der Waals surface area (Å²) in [5.41, 5.74) is 0. The largest absolute Gasteiger partial charge is 0.466 e. The van der Waals surface area contributed by atoms with Crippen molar-refractivity contribution in [3.63, 3.8) is 0 Å². The van der Waals surface area contributed by atoms with E-state index in [1.54, 1.807) is 6.08 Å². The smallest absolute Gasteiger partial charge is 0.305 e. The molecule has 76 heavy (non-hydrogen) atoms. The Hall–Kier alpha value is -1.66. The van der Waals surface area contributed by atoms with Gasteiger partial charge in [-0.2, -0.15) is 0 Å². The minimum Gasteiger partial charge on any atom is -0.466 e. The zero-order valence-electron chi connectivity index (χ0n) is 51.5. The summed E-state index contributed by atoms with van der Waals surface area (Å²) in [5, 5.41) is 23.2. The molecule has 0 aromatic carbocycles. The molecule has 0 aliphatic carbocycles. The van der Waals surface area contributed by atoms with Crippen LogP contribution in [-0.4, -0.2) is 47.4 Å². The number of amides is 1. The van der Waals surface area contributed by atoms with Gasteiger partial charge in [0.15, 0.2) is 0 Å². The van der Waals surface area contributed by atoms with E-state index in [0.717, 1.165) is 44.9 Å². The van der Waals surface area contributed by atoms with Gasteiger partial charge in [0, 0.05) is 12.8 Å². The van der Waals surface area contributed by atoms with Gasteiger partial charge in [-0.05, 0) is 57.8 Å². The molecule has 0 aliphatic heterocycles. The van der Waals surface area contributed by atoms with Crippen molar-refractivity contribution in [3.8, 4) is 0 Å². The van der Waals surface area contributed by atoms with Gasteiger partial charge in [0.25, 0.3) is 0 Å². The second-order valence-corrected chi connectivity index (χ2v) is 23.9. The van der Waals surface area contributed by atoms with Crippen LogP contribution in [0, 0.1) is 0 Å². The predicted octanol–water partition coefficient (Wildman–Crippen LogP) is 22.1. The Morgan fingerprint density at radius 1 is 0.355 bits per heavy atom. The number of hydrogen-bond acceptors (Lipinski definition) is 5. The summed E-state index contributed by atoms with van der Waals surface area (Å²) in [4.78, 5) is 24.6. The average Bonchev–Trinajstić information content (AvgIpc) is 3.42. The number of ether oxygens (including phenoxy) is 1. The lowest BCUT2D eigenvalue weighted by Crippen LogP contribution is -2.45. The molecule has 2 unspecified atom stereocenters. The molecule has 6 nitrogen and oxygen atoms in total. The van der Waals surface area contributed by atoms with Crippen molar-refractivity contribution in [1.82, 2.24) is 5.32 Å². The minimum absolute atomic E-state index is 0.0141. The average molecular weight is 1070 g/mol. The number of hydrogen-bond donors (Lipinski definition) is 3. The molecule has 0 fully saturated rings. The van der Waals surface area contributed by atoms with E-state index in [0.29, 0.717) is 19.4 Å². The van der Waals surface area contributed by atoms with E-state index >= 15 is 0 Å². The standard InChI is InChI=1S/C70H135NO5/c1-3-5-7-9-11-13-15-17-19-21-22-27-31-34-38-42-46-50-54-58-62-68(73)67(66-72)71-69(74)63-59-55-51-47-43-39-35-32-28-25-23-24-26-29-33-37-41-45-49-53-57-61-65-76-70(75)64-60-56-52-48-44-40-36-30-20-18-16-14-12-10-8-6-4-2/h25,28,58,62,67-68,72-73H,3-24,26-27,29-57,59-61,63-66H2,1-2H3,(H,71,74)/b28-25-,62-58+. The van der Waals surface area contributed by atoms with Gasteiger partial charge < -0.3 is 20.3 Å². The molecular weight excluding hydrogens is 935 g/mol. The van der Waals surface area contributed by atoms with Crippen LogP contribution in [0.4, 0.5) is 0 Å². The fourth-order valence-corrected chi connectivity index (χ4v) is 10.9. The van der Waals surface area contributed by atoms with Crippen molar-refractivity contribution in [2.24, 2.45) is 0 Å². The molecule has 0 aromatic heterocycles. The van der Waals surface area contributed by atoms with Crippen LogP contribution in [0.3, 0.4) is 0 Å². The van der Waals surface area contributed by atoms with Gasteiger partial charge in [0.1, 0.15) is 0 Å². The van der Waals surface area contributed by atoms with Crippen LogP contribution in [0.5, 0.6) is 0 Å². The van der Waals surface area contributed by atoms with E-state index in [2.05, 4.69) is 31.3 Å². The Labute approximate surface area is 475 Å². The van der Waals surface area contributed by atoms with Crippen molar-refractivity contribution in [2.75, 3.05) is 13.2 Å². The Morgan fingerprint density at radius 2 is 0.618 bits per heavy atom. The fraction of sp³-hybridized carbons (Fsp3) is 0.914. The highest BCUT2D eigenvalue weighted by molar-refractivity contribution is 5.76. The molecule has 6 heteroatoms. The molecule has 0 aliphatic rings. The molecule has 0 saturated carbocycles. The molecule has 0 rings (SSSR count). The molecule has 0 radical (unpaired) electrons. The van der Waals surface area contributed by atoms with Crippen LogP contribution in [0.25, 0.3) is 0 Å². The summed E-state index contributed by atoms with van der Waals surface area (Å²) in [6, 6.07) is -0.634. The lowest BCUT2D eigenvalue weighted by Gasteiger charge is -2.20. The topological polar surface area (TPSA) is 95.9 Å². The third-order valence-electron chi connectivity index (χ3n) is 16.2. The van der Waals surface area contributed by atoms with Crippen LogP contribution >= 0.6 is 0 Å². The van der Waals surface area contributed by atoms with Gasteiger partial charge in [-0.1, -0.05) is 340 Å². The van der Waals surface area contributed by atoms with Crippen molar-refractivity contribution >= 4 is 11.9 Å². The Bertz CT molecular complexity index is 1190. The lowest BCUT2D eigenvalue weighted by molar-refractivity contribution is -0.143. The first-order chi connectivity index (χ1) is 37.5. The molecule has 3 N–H and O–H groups in total. The third kappa shape index (κ3) is 61.6. The zero-order chi connectivity index (χ0) is 55.0. The summed E-state index contributed by atoms with van der Waals surface area (Å²) in [5.74, 6) is -0.0572. The van der Waals surface area contributed by atoms with E-state index < -0.39 is 12.1 Å². The predicted molar refractivity (Wildman–Crippen MR) is 333 cm³/mol. The summed E-state index contributed by atoms with van der Waals surface area (Å²) >= 11 is 0. The van der Waals surface area contributed by atoms with Crippen LogP contribution in [-0.2, 0) is 14.3 Å². The number of aliphatic hydroxyl groups is 2. The second-order valence-electron chi connectivity index (χ2n) is 23.9. The molecule has 0 heterocycles. The molecule has 0 spiro atoms. The van der Waals surface area contributed by atoms with Gasteiger partial charge >= 0.3 is 5.97 Å². The molecule has 2 atom stereocenters. The SMILES string of the molecule is CCCCCCCCCCCCCCCCCCCC/C=C/C(O)C(CO)NC(=O)CCCCCCCCC/C=C\CCCCCCCCCCCCCOC(=O)CCCCCCCCCCCCCCCCCCC. The van der Waals surface area contributed by atoms with Gasteiger partial charge in [-0.3, -0.25) is 9.59 Å². The molecule has 450 valence electrons. The summed E-state index contributed by atoms with van der Waals surface area (Å²) in [6.45, 7) is 4.94. The fourth-order valence-electron chi connectivity index (χ4n) is 10.9. The van der Waals surface area contributed by atoms with Gasteiger partial charge in [-0.15, -0.1) is 0 Å². The van der Waals surface area contributed by atoms with E-state index in [1.807, 2.05) is 6.08 Å². The monoisotopic (exact) mass is 1070 g/mol. The van der Waals surface area contributed by atoms with E-state index in [-0.39, 0.29) is 18.5 Å². The van der Waals surface area contributed by atoms with Crippen molar-refractivity contribution in [1.29, 1.82) is 0 Å². The third-order valence-corrected chi connectivity index (χ3v) is 16.2. The summed E-state index contributed by atoms with van der Waals surface area (Å²) < 4.78 is 5.50. The lowest BCUT2D eigenvalue weighted by atomic mass is 10.0. The van der Waals surface area contributed by atoms with Gasteiger partial charge in [0.2, 0.25) is 5.91 Å². The zero-order valence-corrected chi connectivity index (χ0v) is 51.5. The number of carbonyl (C=O) groups excluding carboxylic acids is 2. The Balaban J connectivity index is 3.42. The summed E-state index contributed by atoms with van der Waals surface area (Å²) in [6.07, 6.45) is 82.4. The number of nitrogens with one attached hydrogen (secondary N) is 1. The summed E-state index contributed by atoms with van der Waals surface area (Å²) in [7, 11) is 0. The van der Waals surface area contributed by atoms with E-state index in [9.17, 15) is 19.8 Å². The van der Waals surface area contributed by atoms with Crippen LogP contribution < -0.4 is 5.32 Å². The first-order valence-electron chi connectivity index (χ1n) is 34.6. The van der Waals surface area contributed by atoms with Crippen molar-refractivity contribution < 1.29 is 24.5 Å². The number of unbranched alkanes of at least 4 members (excludes halogenated alkanes) is 52. The maximum atomic E-state index is 12.5. The van der Waals surface area contributed by atoms with Crippen molar-refractivity contribution in [2.45, 2.75) is 398 Å². The van der Waals surface area contributed by atoms with Gasteiger partial charge in [0.05, 0.1) is 25.4 Å². The van der Waals surface area contributed by atoms with E-state index in [1.165, 1.54) is 315 Å². The molecule has 1 amide bonds. The highest BCUT2D eigenvalue weighted by atomic mass is 16.5. The maximum absolute atomic E-state index is 12.5. The van der Waals surface area contributed by atoms with Gasteiger partial charge in [-0.25, -0.2) is 0 Å². The number of esters is 1. The second kappa shape index (κ2) is 65.9. The minimum atomic E-state index is -0.850. The molecular formula is C70H135NO5. The van der Waals surface area contributed by atoms with Crippen molar-refractivity contribution in [3.05, 3.63) is 24.3 Å². The highest BCUT2D eigenvalue weighted by Crippen LogP contribution is 2.18. The highest BCUT2D eigenvalue weighted by Gasteiger charge is 2.18. The van der Waals surface area contributed by atoms with E-state index in [4.69, 9.17) is 4.74 Å². The number of carbonyl (C=O) groups is 2.